The second kappa shape index (κ2) is 10.5. The smallest absolute Gasteiger partial charge is 0.410 e. The van der Waals surface area contributed by atoms with Gasteiger partial charge in [-0.1, -0.05) is 12.2 Å². The molecule has 1 aliphatic carbocycles. The van der Waals surface area contributed by atoms with Gasteiger partial charge in [0.1, 0.15) is 29.8 Å². The summed E-state index contributed by atoms with van der Waals surface area (Å²) in [6.45, 7) is 14.3. The zero-order valence-electron chi connectivity index (χ0n) is 26.1. The number of hydrogen-bond acceptors (Lipinski definition) is 7. The number of carbonyl (C=O) groups excluding carboxylic acids is 1. The number of rotatable bonds is 5. The molecule has 6 rings (SSSR count). The lowest BCUT2D eigenvalue weighted by atomic mass is 9.89. The maximum atomic E-state index is 14.0. The number of ether oxygens (including phenoxy) is 3. The molecule has 5 aliphatic rings. The summed E-state index contributed by atoms with van der Waals surface area (Å²) in [5.74, 6) is -0.688. The molecule has 10 heteroatoms. The zero-order valence-corrected chi connectivity index (χ0v) is 26.1. The average molecular weight is 597 g/mol. The molecule has 43 heavy (non-hydrogen) atoms. The summed E-state index contributed by atoms with van der Waals surface area (Å²) >= 11 is 0. The van der Waals surface area contributed by atoms with Crippen LogP contribution in [-0.2, 0) is 33.6 Å². The Balaban J connectivity index is 1.28. The highest BCUT2D eigenvalue weighted by Crippen LogP contribution is 2.47. The van der Waals surface area contributed by atoms with Crippen molar-refractivity contribution in [3.63, 3.8) is 0 Å². The average Bonchev–Trinajstić information content (AvgIpc) is 3.53. The van der Waals surface area contributed by atoms with Crippen LogP contribution in [0.15, 0.2) is 46.0 Å². The molecule has 0 aromatic heterocycles. The van der Waals surface area contributed by atoms with E-state index in [1.807, 2.05) is 41.5 Å². The largest absolute Gasteiger partial charge is 0.444 e. The molecular formula is C33H42F2N4O4. The van der Waals surface area contributed by atoms with Gasteiger partial charge < -0.3 is 24.0 Å². The summed E-state index contributed by atoms with van der Waals surface area (Å²) in [6.07, 6.45) is 6.31. The van der Waals surface area contributed by atoms with Crippen LogP contribution in [-0.4, -0.2) is 69.8 Å². The van der Waals surface area contributed by atoms with Crippen molar-refractivity contribution in [2.75, 3.05) is 6.54 Å². The molecule has 1 saturated heterocycles. The number of hydrogen-bond donors (Lipinski definition) is 0. The molecule has 0 N–H and O–H groups in total. The molecule has 0 bridgehead atoms. The third kappa shape index (κ3) is 5.52. The Morgan fingerprint density at radius 1 is 1.19 bits per heavy atom. The second-order valence-electron chi connectivity index (χ2n) is 13.9. The molecule has 4 heterocycles. The number of amides is 1. The Labute approximate surface area is 252 Å². The lowest BCUT2D eigenvalue weighted by Gasteiger charge is -2.42. The van der Waals surface area contributed by atoms with Gasteiger partial charge in [0.05, 0.1) is 12.0 Å². The van der Waals surface area contributed by atoms with Gasteiger partial charge in [-0.2, -0.15) is 0 Å². The summed E-state index contributed by atoms with van der Waals surface area (Å²) in [6, 6.07) is 3.09. The van der Waals surface area contributed by atoms with Crippen LogP contribution in [0.25, 0.3) is 0 Å². The number of aryl methyl sites for hydroxylation is 1. The second-order valence-corrected chi connectivity index (χ2v) is 13.9. The van der Waals surface area contributed by atoms with Crippen molar-refractivity contribution < 1.29 is 27.8 Å². The fraction of sp³-hybridized carbons (Fsp3) is 0.606. The number of halogens is 2. The molecule has 1 aromatic rings. The van der Waals surface area contributed by atoms with Crippen LogP contribution in [0, 0.1) is 5.92 Å². The van der Waals surface area contributed by atoms with Gasteiger partial charge in [-0.15, -0.1) is 0 Å². The summed E-state index contributed by atoms with van der Waals surface area (Å²) in [4.78, 5) is 26.0. The Bertz CT molecular complexity index is 1430. The van der Waals surface area contributed by atoms with Gasteiger partial charge in [0.15, 0.2) is 5.79 Å². The van der Waals surface area contributed by atoms with Gasteiger partial charge in [0.25, 0.3) is 6.43 Å². The molecule has 0 spiro atoms. The van der Waals surface area contributed by atoms with E-state index in [1.165, 1.54) is 0 Å². The van der Waals surface area contributed by atoms with Crippen molar-refractivity contribution >= 4 is 18.1 Å². The standard InChI is InChI=1S/C33H42F2N4O4/c1-19-25-11-13-39(33(25,7)37-18-36-19)26-16-22(27-28(26)42-32(5,6)41-27)9-8-20-14-23(29(34)35)15-21-10-12-38(17-24(20)21)30(40)43-31(2,3)4/h11,13-16,18,25-29H,8-10,12,17H2,1-7H3/t25?,26-,27-,28+,33?/m1/s1. The molecule has 5 atom stereocenters. The highest BCUT2D eigenvalue weighted by Gasteiger charge is 2.56. The van der Waals surface area contributed by atoms with E-state index >= 15 is 0 Å². The predicted octanol–water partition coefficient (Wildman–Crippen LogP) is 6.34. The molecule has 1 amide bonds. The molecule has 232 valence electrons. The van der Waals surface area contributed by atoms with Crippen molar-refractivity contribution in [3.05, 3.63) is 58.3 Å². The van der Waals surface area contributed by atoms with Crippen LogP contribution in [0.4, 0.5) is 13.6 Å². The third-order valence-corrected chi connectivity index (χ3v) is 9.16. The SMILES string of the molecule is CC1=NC=NC2(C)C1C=CN2[C@@H]1C=C(CCc2cc(C(F)F)cc3c2CN(C(=O)OC(C)(C)C)CC3)[C@H]2OC(C)(C)O[C@H]21. The van der Waals surface area contributed by atoms with Crippen LogP contribution in [0.3, 0.4) is 0 Å². The van der Waals surface area contributed by atoms with E-state index in [0.29, 0.717) is 32.4 Å². The number of aliphatic imine (C=N–C) groups is 2. The van der Waals surface area contributed by atoms with E-state index in [1.54, 1.807) is 23.4 Å². The van der Waals surface area contributed by atoms with Gasteiger partial charge in [0.2, 0.25) is 0 Å². The van der Waals surface area contributed by atoms with E-state index in [0.717, 1.165) is 28.0 Å². The minimum atomic E-state index is -2.57. The van der Waals surface area contributed by atoms with Crippen molar-refractivity contribution in [1.29, 1.82) is 0 Å². The van der Waals surface area contributed by atoms with Crippen molar-refractivity contribution in [1.82, 2.24) is 9.80 Å². The summed E-state index contributed by atoms with van der Waals surface area (Å²) < 4.78 is 46.4. The lowest BCUT2D eigenvalue weighted by molar-refractivity contribution is -0.150. The minimum absolute atomic E-state index is 0.0190. The molecule has 1 aromatic carbocycles. The molecular weight excluding hydrogens is 554 g/mol. The minimum Gasteiger partial charge on any atom is -0.444 e. The molecule has 1 fully saturated rings. The molecule has 0 radical (unpaired) electrons. The van der Waals surface area contributed by atoms with Crippen molar-refractivity contribution in [2.45, 2.75) is 116 Å². The maximum absolute atomic E-state index is 14.0. The first kappa shape index (κ1) is 29.9. The van der Waals surface area contributed by atoms with Crippen molar-refractivity contribution in [2.24, 2.45) is 15.9 Å². The number of benzene rings is 1. The molecule has 8 nitrogen and oxygen atoms in total. The Kier molecular flexibility index (Phi) is 7.32. The normalized spacial score (nSPS) is 30.7. The van der Waals surface area contributed by atoms with E-state index in [2.05, 4.69) is 35.2 Å². The van der Waals surface area contributed by atoms with Gasteiger partial charge in [-0.25, -0.2) is 23.6 Å². The quantitative estimate of drug-likeness (QED) is 0.371. The number of nitrogens with zero attached hydrogens (tertiary/aromatic N) is 4. The first-order chi connectivity index (χ1) is 20.1. The van der Waals surface area contributed by atoms with E-state index in [-0.39, 0.29) is 35.8 Å². The Morgan fingerprint density at radius 3 is 2.67 bits per heavy atom. The molecule has 4 aliphatic heterocycles. The van der Waals surface area contributed by atoms with Crippen LogP contribution >= 0.6 is 0 Å². The van der Waals surface area contributed by atoms with Gasteiger partial charge in [0, 0.05) is 24.4 Å². The van der Waals surface area contributed by atoms with Gasteiger partial charge in [-0.05, 0) is 108 Å². The fourth-order valence-corrected chi connectivity index (χ4v) is 7.16. The lowest BCUT2D eigenvalue weighted by Crippen LogP contribution is -2.54. The first-order valence-corrected chi connectivity index (χ1v) is 15.2. The highest BCUT2D eigenvalue weighted by molar-refractivity contribution is 5.95. The molecule has 0 saturated carbocycles. The van der Waals surface area contributed by atoms with E-state index in [9.17, 15) is 13.6 Å². The summed E-state index contributed by atoms with van der Waals surface area (Å²) in [7, 11) is 0. The number of carbonyl (C=O) groups is 1. The van der Waals surface area contributed by atoms with Crippen LogP contribution in [0.2, 0.25) is 0 Å². The van der Waals surface area contributed by atoms with Gasteiger partial charge >= 0.3 is 6.09 Å². The first-order valence-electron chi connectivity index (χ1n) is 15.2. The summed E-state index contributed by atoms with van der Waals surface area (Å²) in [5, 5.41) is 0. The number of alkyl halides is 2. The van der Waals surface area contributed by atoms with Crippen molar-refractivity contribution in [3.8, 4) is 0 Å². The van der Waals surface area contributed by atoms with Crippen LogP contribution < -0.4 is 0 Å². The molecule has 2 unspecified atom stereocenters. The summed E-state index contributed by atoms with van der Waals surface area (Å²) in [5.41, 5.74) is 3.63. The Hall–Kier alpha value is -3.11. The number of fused-ring (bicyclic) bond motifs is 3. The topological polar surface area (TPSA) is 76.0 Å². The highest BCUT2D eigenvalue weighted by atomic mass is 19.3. The van der Waals surface area contributed by atoms with Crippen LogP contribution in [0.5, 0.6) is 0 Å². The third-order valence-electron chi connectivity index (χ3n) is 9.16. The predicted molar refractivity (Wildman–Crippen MR) is 160 cm³/mol. The fourth-order valence-electron chi connectivity index (χ4n) is 7.16. The van der Waals surface area contributed by atoms with E-state index in [4.69, 9.17) is 19.2 Å². The zero-order chi connectivity index (χ0) is 30.9. The van der Waals surface area contributed by atoms with E-state index < -0.39 is 23.5 Å². The maximum Gasteiger partial charge on any atom is 0.410 e. The Morgan fingerprint density at radius 2 is 1.95 bits per heavy atom. The van der Waals surface area contributed by atoms with Gasteiger partial charge in [-0.3, -0.25) is 0 Å². The monoisotopic (exact) mass is 596 g/mol. The van der Waals surface area contributed by atoms with Crippen LogP contribution in [0.1, 0.15) is 83.6 Å².